The Bertz CT molecular complexity index is 719. The average Bonchev–Trinajstić information content (AvgIpc) is 2.48. The van der Waals surface area contributed by atoms with E-state index in [9.17, 15) is 4.79 Å². The molecule has 0 amide bonds. The maximum atomic E-state index is 12.2. The molecule has 3 rings (SSSR count). The molecule has 0 aliphatic heterocycles. The minimum Gasteiger partial charge on any atom is -0.287 e. The van der Waals surface area contributed by atoms with Gasteiger partial charge in [0, 0.05) is 17.7 Å². The zero-order valence-electron chi connectivity index (χ0n) is 10.5. The Kier molecular flexibility index (Phi) is 3.07. The molecule has 19 heavy (non-hydrogen) atoms. The highest BCUT2D eigenvalue weighted by Gasteiger charge is 2.11. The highest BCUT2D eigenvalue weighted by Crippen LogP contribution is 2.15. The molecule has 0 aliphatic carbocycles. The molecule has 3 aromatic rings. The Hall–Kier alpha value is -2.48. The molecule has 2 aromatic carbocycles. The Labute approximate surface area is 111 Å². The van der Waals surface area contributed by atoms with Gasteiger partial charge in [0.1, 0.15) is 0 Å². The third-order valence-electron chi connectivity index (χ3n) is 3.17. The maximum Gasteiger partial charge on any atom is 0.227 e. The first kappa shape index (κ1) is 11.6. The Morgan fingerprint density at radius 3 is 2.37 bits per heavy atom. The van der Waals surface area contributed by atoms with Gasteiger partial charge in [0.2, 0.25) is 12.3 Å². The summed E-state index contributed by atoms with van der Waals surface area (Å²) in [6, 6.07) is 19.7. The van der Waals surface area contributed by atoms with E-state index in [1.165, 1.54) is 0 Å². The summed E-state index contributed by atoms with van der Waals surface area (Å²) in [5, 5.41) is 2.26. The molecule has 0 fully saturated rings. The van der Waals surface area contributed by atoms with Crippen LogP contribution in [-0.4, -0.2) is 5.78 Å². The van der Waals surface area contributed by atoms with Crippen LogP contribution in [0.5, 0.6) is 0 Å². The number of hydrogen-bond donors (Lipinski definition) is 0. The van der Waals surface area contributed by atoms with E-state index in [1.54, 1.807) is 0 Å². The van der Waals surface area contributed by atoms with Crippen LogP contribution in [0.15, 0.2) is 73.1 Å². The van der Waals surface area contributed by atoms with Crippen molar-refractivity contribution >= 4 is 16.6 Å². The number of carbonyl (C=O) groups is 1. The van der Waals surface area contributed by atoms with Gasteiger partial charge in [0.15, 0.2) is 12.4 Å². The lowest BCUT2D eigenvalue weighted by molar-refractivity contribution is -0.683. The van der Waals surface area contributed by atoms with E-state index in [0.717, 1.165) is 16.3 Å². The number of ketones is 1. The predicted octanol–water partition coefficient (Wildman–Crippen LogP) is 3.01. The second-order valence-corrected chi connectivity index (χ2v) is 4.53. The highest BCUT2D eigenvalue weighted by molar-refractivity contribution is 5.99. The standard InChI is InChI=1S/C17H14NO/c19-17(13-18-10-4-1-5-11-18)16-9-8-14-6-2-3-7-15(14)12-16/h1-12H,13H2/q+1. The zero-order chi connectivity index (χ0) is 13.1. The molecular formula is C17H14NO+. The van der Waals surface area contributed by atoms with E-state index in [2.05, 4.69) is 6.07 Å². The fourth-order valence-corrected chi connectivity index (χ4v) is 2.16. The first-order chi connectivity index (χ1) is 9.33. The lowest BCUT2D eigenvalue weighted by atomic mass is 10.0. The second kappa shape index (κ2) is 5.02. The van der Waals surface area contributed by atoms with Crippen molar-refractivity contribution in [3.05, 3.63) is 78.6 Å². The monoisotopic (exact) mass is 248 g/mol. The van der Waals surface area contributed by atoms with Gasteiger partial charge >= 0.3 is 0 Å². The number of aromatic nitrogens is 1. The normalized spacial score (nSPS) is 10.5. The molecule has 0 saturated heterocycles. The van der Waals surface area contributed by atoms with Crippen molar-refractivity contribution in [1.82, 2.24) is 0 Å². The van der Waals surface area contributed by atoms with Crippen LogP contribution in [0.2, 0.25) is 0 Å². The Morgan fingerprint density at radius 2 is 1.58 bits per heavy atom. The lowest BCUT2D eigenvalue weighted by Crippen LogP contribution is -2.36. The van der Waals surface area contributed by atoms with Crippen molar-refractivity contribution in [3.63, 3.8) is 0 Å². The first-order valence-corrected chi connectivity index (χ1v) is 6.29. The smallest absolute Gasteiger partial charge is 0.227 e. The van der Waals surface area contributed by atoms with Crippen LogP contribution in [0.3, 0.4) is 0 Å². The molecule has 0 atom stereocenters. The van der Waals surface area contributed by atoms with Crippen LogP contribution in [0.4, 0.5) is 0 Å². The van der Waals surface area contributed by atoms with Crippen LogP contribution in [0, 0.1) is 0 Å². The maximum absolute atomic E-state index is 12.2. The zero-order valence-corrected chi connectivity index (χ0v) is 10.5. The minimum absolute atomic E-state index is 0.127. The van der Waals surface area contributed by atoms with E-state index in [4.69, 9.17) is 0 Å². The molecule has 0 radical (unpaired) electrons. The molecule has 0 aliphatic rings. The number of nitrogens with zero attached hydrogens (tertiary/aromatic N) is 1. The van der Waals surface area contributed by atoms with Gasteiger partial charge in [-0.3, -0.25) is 4.79 Å². The third-order valence-corrected chi connectivity index (χ3v) is 3.17. The number of carbonyl (C=O) groups excluding carboxylic acids is 1. The molecule has 0 bridgehead atoms. The molecular weight excluding hydrogens is 234 g/mol. The van der Waals surface area contributed by atoms with Crippen LogP contribution >= 0.6 is 0 Å². The fourth-order valence-electron chi connectivity index (χ4n) is 2.16. The van der Waals surface area contributed by atoms with E-state index < -0.39 is 0 Å². The number of Topliss-reactive ketones (excluding diaryl/α,β-unsaturated/α-hetero) is 1. The SMILES string of the molecule is O=C(C[n+]1ccccc1)c1ccc2ccccc2c1. The van der Waals surface area contributed by atoms with Gasteiger partial charge in [-0.25, -0.2) is 0 Å². The summed E-state index contributed by atoms with van der Waals surface area (Å²) in [5.74, 6) is 0.127. The number of pyridine rings is 1. The summed E-state index contributed by atoms with van der Waals surface area (Å²) in [6.07, 6.45) is 3.80. The van der Waals surface area contributed by atoms with Gasteiger partial charge in [-0.2, -0.15) is 4.57 Å². The molecule has 0 unspecified atom stereocenters. The summed E-state index contributed by atoms with van der Waals surface area (Å²) in [4.78, 5) is 12.2. The third kappa shape index (κ3) is 2.52. The molecule has 0 N–H and O–H groups in total. The molecule has 0 saturated carbocycles. The fraction of sp³-hybridized carbons (Fsp3) is 0.0588. The predicted molar refractivity (Wildman–Crippen MR) is 74.9 cm³/mol. The molecule has 2 heteroatoms. The minimum atomic E-state index is 0.127. The first-order valence-electron chi connectivity index (χ1n) is 6.29. The van der Waals surface area contributed by atoms with E-state index >= 15 is 0 Å². The van der Waals surface area contributed by atoms with E-state index in [-0.39, 0.29) is 5.78 Å². The van der Waals surface area contributed by atoms with Gasteiger partial charge < -0.3 is 0 Å². The summed E-state index contributed by atoms with van der Waals surface area (Å²) in [5.41, 5.74) is 0.759. The molecule has 92 valence electrons. The Morgan fingerprint density at radius 1 is 0.842 bits per heavy atom. The second-order valence-electron chi connectivity index (χ2n) is 4.53. The number of hydrogen-bond acceptors (Lipinski definition) is 1. The number of rotatable bonds is 3. The van der Waals surface area contributed by atoms with Crippen LogP contribution in [0.25, 0.3) is 10.8 Å². The summed E-state index contributed by atoms with van der Waals surface area (Å²) < 4.78 is 1.89. The van der Waals surface area contributed by atoms with Gasteiger partial charge in [-0.1, -0.05) is 42.5 Å². The number of benzene rings is 2. The summed E-state index contributed by atoms with van der Waals surface area (Å²) >= 11 is 0. The van der Waals surface area contributed by atoms with Gasteiger partial charge in [-0.15, -0.1) is 0 Å². The van der Waals surface area contributed by atoms with E-state index in [0.29, 0.717) is 6.54 Å². The van der Waals surface area contributed by atoms with Crippen molar-refractivity contribution in [3.8, 4) is 0 Å². The van der Waals surface area contributed by atoms with Crippen molar-refractivity contribution in [2.24, 2.45) is 0 Å². The van der Waals surface area contributed by atoms with Crippen molar-refractivity contribution in [1.29, 1.82) is 0 Å². The van der Waals surface area contributed by atoms with Crippen molar-refractivity contribution < 1.29 is 9.36 Å². The van der Waals surface area contributed by atoms with Gasteiger partial charge in [0.05, 0.1) is 0 Å². The van der Waals surface area contributed by atoms with Crippen molar-refractivity contribution in [2.75, 3.05) is 0 Å². The largest absolute Gasteiger partial charge is 0.287 e. The van der Waals surface area contributed by atoms with Crippen LogP contribution < -0.4 is 4.57 Å². The van der Waals surface area contributed by atoms with Gasteiger partial charge in [-0.05, 0) is 16.8 Å². The average molecular weight is 248 g/mol. The van der Waals surface area contributed by atoms with Gasteiger partial charge in [0.25, 0.3) is 0 Å². The molecule has 1 heterocycles. The molecule has 0 spiro atoms. The van der Waals surface area contributed by atoms with Crippen LogP contribution in [0.1, 0.15) is 10.4 Å². The quantitative estimate of drug-likeness (QED) is 0.515. The molecule has 2 nitrogen and oxygen atoms in total. The van der Waals surface area contributed by atoms with Crippen LogP contribution in [-0.2, 0) is 6.54 Å². The van der Waals surface area contributed by atoms with E-state index in [1.807, 2.05) is 71.6 Å². The number of fused-ring (bicyclic) bond motifs is 1. The summed E-state index contributed by atoms with van der Waals surface area (Å²) in [7, 11) is 0. The Balaban J connectivity index is 1.89. The lowest BCUT2D eigenvalue weighted by Gasteiger charge is -2.01. The van der Waals surface area contributed by atoms with Crippen molar-refractivity contribution in [2.45, 2.75) is 6.54 Å². The topological polar surface area (TPSA) is 20.9 Å². The summed E-state index contributed by atoms with van der Waals surface area (Å²) in [6.45, 7) is 0.374. The molecule has 1 aromatic heterocycles. The highest BCUT2D eigenvalue weighted by atomic mass is 16.1.